The lowest BCUT2D eigenvalue weighted by molar-refractivity contribution is -0.132. The lowest BCUT2D eigenvalue weighted by Gasteiger charge is -2.34. The number of hydrogen-bond acceptors (Lipinski definition) is 5. The maximum Gasteiger partial charge on any atom is 0.229 e. The van der Waals surface area contributed by atoms with Crippen LogP contribution >= 0.6 is 0 Å². The SMILES string of the molecule is CCCC(=O)N1CCC(c2nc(C3(N)CCC3)no2)CC1. The van der Waals surface area contributed by atoms with E-state index in [0.717, 1.165) is 51.6 Å². The number of piperidine rings is 1. The Bertz CT molecular complexity index is 502. The van der Waals surface area contributed by atoms with Gasteiger partial charge >= 0.3 is 0 Å². The number of likely N-dealkylation sites (tertiary alicyclic amines) is 1. The molecule has 1 aromatic rings. The largest absolute Gasteiger partial charge is 0.343 e. The third-order valence-corrected chi connectivity index (χ3v) is 4.79. The van der Waals surface area contributed by atoms with Crippen LogP contribution in [0.25, 0.3) is 0 Å². The molecule has 0 radical (unpaired) electrons. The standard InChI is InChI=1S/C15H24N4O2/c1-2-4-12(20)19-9-5-11(6-10-19)13-17-14(18-21-13)15(16)7-3-8-15/h11H,2-10,16H2,1H3. The Hall–Kier alpha value is -1.43. The van der Waals surface area contributed by atoms with Crippen molar-refractivity contribution in [2.45, 2.75) is 63.3 Å². The lowest BCUT2D eigenvalue weighted by Crippen LogP contribution is -2.44. The average molecular weight is 292 g/mol. The van der Waals surface area contributed by atoms with Crippen LogP contribution < -0.4 is 5.73 Å². The van der Waals surface area contributed by atoms with E-state index >= 15 is 0 Å². The summed E-state index contributed by atoms with van der Waals surface area (Å²) in [4.78, 5) is 18.4. The van der Waals surface area contributed by atoms with E-state index in [1.165, 1.54) is 0 Å². The molecule has 2 N–H and O–H groups in total. The molecule has 0 atom stereocenters. The summed E-state index contributed by atoms with van der Waals surface area (Å²) in [7, 11) is 0. The molecule has 1 amide bonds. The number of carbonyl (C=O) groups excluding carboxylic acids is 1. The first kappa shape index (κ1) is 14.5. The smallest absolute Gasteiger partial charge is 0.229 e. The predicted octanol–water partition coefficient (Wildman–Crippen LogP) is 1.91. The van der Waals surface area contributed by atoms with Crippen LogP contribution in [0.4, 0.5) is 0 Å². The number of nitrogens with zero attached hydrogens (tertiary/aromatic N) is 3. The molecule has 3 rings (SSSR count). The van der Waals surface area contributed by atoms with Crippen molar-refractivity contribution >= 4 is 5.91 Å². The lowest BCUT2D eigenvalue weighted by atomic mass is 9.77. The number of carbonyl (C=O) groups is 1. The van der Waals surface area contributed by atoms with Crippen molar-refractivity contribution in [3.63, 3.8) is 0 Å². The highest BCUT2D eigenvalue weighted by Crippen LogP contribution is 2.38. The Morgan fingerprint density at radius 3 is 2.71 bits per heavy atom. The number of nitrogens with two attached hydrogens (primary N) is 1. The Morgan fingerprint density at radius 1 is 1.43 bits per heavy atom. The van der Waals surface area contributed by atoms with Crippen molar-refractivity contribution in [2.75, 3.05) is 13.1 Å². The van der Waals surface area contributed by atoms with Crippen molar-refractivity contribution in [3.05, 3.63) is 11.7 Å². The van der Waals surface area contributed by atoms with Crippen molar-refractivity contribution < 1.29 is 9.32 Å². The summed E-state index contributed by atoms with van der Waals surface area (Å²) >= 11 is 0. The topological polar surface area (TPSA) is 85.2 Å². The van der Waals surface area contributed by atoms with E-state index < -0.39 is 0 Å². The summed E-state index contributed by atoms with van der Waals surface area (Å²) in [5.74, 6) is 1.88. The van der Waals surface area contributed by atoms with Crippen molar-refractivity contribution in [2.24, 2.45) is 5.73 Å². The highest BCUT2D eigenvalue weighted by Gasteiger charge is 2.39. The summed E-state index contributed by atoms with van der Waals surface area (Å²) in [6, 6.07) is 0. The molecule has 0 bridgehead atoms. The summed E-state index contributed by atoms with van der Waals surface area (Å²) in [5.41, 5.74) is 5.86. The molecule has 6 nitrogen and oxygen atoms in total. The zero-order chi connectivity index (χ0) is 14.9. The minimum Gasteiger partial charge on any atom is -0.343 e. The van der Waals surface area contributed by atoms with E-state index in [1.54, 1.807) is 0 Å². The van der Waals surface area contributed by atoms with E-state index in [-0.39, 0.29) is 17.4 Å². The highest BCUT2D eigenvalue weighted by atomic mass is 16.5. The molecule has 2 aliphatic rings. The fourth-order valence-corrected chi connectivity index (χ4v) is 3.13. The van der Waals surface area contributed by atoms with Crippen molar-refractivity contribution in [1.29, 1.82) is 0 Å². The van der Waals surface area contributed by atoms with Gasteiger partial charge in [-0.15, -0.1) is 0 Å². The average Bonchev–Trinajstić information content (AvgIpc) is 2.95. The molecule has 6 heteroatoms. The molecule has 0 unspecified atom stereocenters. The Morgan fingerprint density at radius 2 is 2.14 bits per heavy atom. The molecule has 21 heavy (non-hydrogen) atoms. The number of rotatable bonds is 4. The van der Waals surface area contributed by atoms with E-state index in [2.05, 4.69) is 10.1 Å². The second-order valence-electron chi connectivity index (χ2n) is 6.37. The van der Waals surface area contributed by atoms with Gasteiger partial charge in [-0.25, -0.2) is 0 Å². The summed E-state index contributed by atoms with van der Waals surface area (Å²) in [6.45, 7) is 3.61. The molecule has 0 spiro atoms. The zero-order valence-electron chi connectivity index (χ0n) is 12.7. The summed E-state index contributed by atoms with van der Waals surface area (Å²) in [5, 5.41) is 4.08. The second kappa shape index (κ2) is 5.75. The molecule has 2 fully saturated rings. The Balaban J connectivity index is 1.58. The normalized spacial score (nSPS) is 22.1. The first-order valence-corrected chi connectivity index (χ1v) is 8.03. The molecule has 0 aromatic carbocycles. The van der Waals surface area contributed by atoms with Gasteiger partial charge in [0.25, 0.3) is 0 Å². The Kier molecular flexibility index (Phi) is 3.97. The summed E-state index contributed by atoms with van der Waals surface area (Å²) < 4.78 is 5.42. The third kappa shape index (κ3) is 2.81. The monoisotopic (exact) mass is 292 g/mol. The minimum atomic E-state index is -0.362. The van der Waals surface area contributed by atoms with Crippen LogP contribution in [0.1, 0.15) is 69.5 Å². The van der Waals surface area contributed by atoms with Crippen molar-refractivity contribution in [3.8, 4) is 0 Å². The van der Waals surface area contributed by atoms with Gasteiger partial charge in [0.15, 0.2) is 5.82 Å². The van der Waals surface area contributed by atoms with Crippen LogP contribution in [-0.4, -0.2) is 34.0 Å². The van der Waals surface area contributed by atoms with E-state index in [4.69, 9.17) is 10.3 Å². The third-order valence-electron chi connectivity index (χ3n) is 4.79. The maximum absolute atomic E-state index is 11.9. The van der Waals surface area contributed by atoms with Gasteiger partial charge in [-0.05, 0) is 38.5 Å². The summed E-state index contributed by atoms with van der Waals surface area (Å²) in [6.07, 6.45) is 6.36. The molecule has 1 aliphatic heterocycles. The van der Waals surface area contributed by atoms with Gasteiger partial charge in [0.2, 0.25) is 11.8 Å². The van der Waals surface area contributed by atoms with E-state index in [1.807, 2.05) is 11.8 Å². The number of aromatic nitrogens is 2. The fourth-order valence-electron chi connectivity index (χ4n) is 3.13. The number of amides is 1. The minimum absolute atomic E-state index is 0.262. The predicted molar refractivity (Wildman–Crippen MR) is 77.5 cm³/mol. The highest BCUT2D eigenvalue weighted by molar-refractivity contribution is 5.76. The van der Waals surface area contributed by atoms with Gasteiger partial charge in [0.05, 0.1) is 5.54 Å². The van der Waals surface area contributed by atoms with Crippen LogP contribution in [0.5, 0.6) is 0 Å². The van der Waals surface area contributed by atoms with Gasteiger partial charge in [0.1, 0.15) is 0 Å². The quantitative estimate of drug-likeness (QED) is 0.916. The molecule has 1 aromatic heterocycles. The molecular formula is C15H24N4O2. The van der Waals surface area contributed by atoms with Gasteiger partial charge < -0.3 is 15.2 Å². The maximum atomic E-state index is 11.9. The fraction of sp³-hybridized carbons (Fsp3) is 0.800. The molecular weight excluding hydrogens is 268 g/mol. The first-order valence-electron chi connectivity index (χ1n) is 8.03. The van der Waals surface area contributed by atoms with Crippen LogP contribution in [0.3, 0.4) is 0 Å². The molecule has 1 saturated heterocycles. The van der Waals surface area contributed by atoms with Crippen molar-refractivity contribution in [1.82, 2.24) is 15.0 Å². The molecule has 1 saturated carbocycles. The van der Waals surface area contributed by atoms with Gasteiger partial charge in [-0.3, -0.25) is 4.79 Å². The van der Waals surface area contributed by atoms with Crippen LogP contribution in [-0.2, 0) is 10.3 Å². The van der Waals surface area contributed by atoms with Crippen LogP contribution in [0, 0.1) is 0 Å². The van der Waals surface area contributed by atoms with Gasteiger partial charge in [-0.2, -0.15) is 4.98 Å². The Labute approximate surface area is 125 Å². The van der Waals surface area contributed by atoms with Crippen LogP contribution in [0.15, 0.2) is 4.52 Å². The molecule has 116 valence electrons. The number of hydrogen-bond donors (Lipinski definition) is 1. The molecule has 1 aliphatic carbocycles. The zero-order valence-corrected chi connectivity index (χ0v) is 12.7. The van der Waals surface area contributed by atoms with E-state index in [9.17, 15) is 4.79 Å². The second-order valence-corrected chi connectivity index (χ2v) is 6.37. The van der Waals surface area contributed by atoms with Gasteiger partial charge in [0, 0.05) is 25.4 Å². The van der Waals surface area contributed by atoms with E-state index in [0.29, 0.717) is 18.1 Å². The first-order chi connectivity index (χ1) is 10.1. The molecule has 2 heterocycles. The van der Waals surface area contributed by atoms with Crippen LogP contribution in [0.2, 0.25) is 0 Å². The van der Waals surface area contributed by atoms with Gasteiger partial charge in [-0.1, -0.05) is 12.1 Å².